The Kier molecular flexibility index (Phi) is 6.21. The van der Waals surface area contributed by atoms with E-state index < -0.39 is 34.5 Å². The quantitative estimate of drug-likeness (QED) is 0.271. The normalized spacial score (nSPS) is 15.3. The molecule has 0 aliphatic carbocycles. The molecule has 0 saturated carbocycles. The van der Waals surface area contributed by atoms with E-state index in [1.807, 2.05) is 0 Å². The first-order chi connectivity index (χ1) is 18.6. The van der Waals surface area contributed by atoms with Gasteiger partial charge in [0.1, 0.15) is 28.1 Å². The summed E-state index contributed by atoms with van der Waals surface area (Å²) >= 11 is 0. The zero-order valence-electron chi connectivity index (χ0n) is 21.6. The molecule has 0 bridgehead atoms. The molecule has 1 aliphatic rings. The van der Waals surface area contributed by atoms with Gasteiger partial charge in [-0.25, -0.2) is 14.4 Å². The van der Waals surface area contributed by atoms with Gasteiger partial charge in [-0.1, -0.05) is 0 Å². The smallest absolute Gasteiger partial charge is 0.336 e. The Labute approximate surface area is 221 Å². The van der Waals surface area contributed by atoms with Crippen LogP contribution < -0.4 is 20.7 Å². The lowest BCUT2D eigenvalue weighted by atomic mass is 9.72. The minimum atomic E-state index is -1.88. The van der Waals surface area contributed by atoms with Crippen LogP contribution in [0.4, 0.5) is 4.79 Å². The highest BCUT2D eigenvalue weighted by Gasteiger charge is 2.55. The third-order valence-corrected chi connectivity index (χ3v) is 7.06. The largest absolute Gasteiger partial charge is 0.497 e. The molecule has 1 fully saturated rings. The molecule has 3 heterocycles. The molecule has 4 amide bonds. The lowest BCUT2D eigenvalue weighted by Gasteiger charge is -2.42. The van der Waals surface area contributed by atoms with E-state index in [2.05, 4.69) is 0 Å². The van der Waals surface area contributed by atoms with Crippen molar-refractivity contribution in [2.75, 3.05) is 28.3 Å². The number of imide groups is 2. The lowest BCUT2D eigenvalue weighted by Crippen LogP contribution is -2.64. The van der Waals surface area contributed by atoms with Gasteiger partial charge in [-0.3, -0.25) is 19.4 Å². The maximum absolute atomic E-state index is 13.9. The molecule has 1 saturated heterocycles. The SMILES string of the molecule is COc1ccc2c(CC3(Cc4cc(=O)oc5cc(OC)ccc45)C(=O)N(C)C(=O)N(C)C3=O)cc(=O)oc2c1. The Hall–Kier alpha value is -4.93. The maximum atomic E-state index is 13.9. The molecular formula is C28H24N2O9. The molecule has 0 radical (unpaired) electrons. The highest BCUT2D eigenvalue weighted by Crippen LogP contribution is 2.39. The van der Waals surface area contributed by atoms with E-state index in [1.165, 1.54) is 52.6 Å². The van der Waals surface area contributed by atoms with Crippen LogP contribution in [0.3, 0.4) is 0 Å². The Morgan fingerprint density at radius 2 is 1.08 bits per heavy atom. The third kappa shape index (κ3) is 4.21. The van der Waals surface area contributed by atoms with E-state index in [9.17, 15) is 24.0 Å². The summed E-state index contributed by atoms with van der Waals surface area (Å²) in [4.78, 5) is 67.2. The van der Waals surface area contributed by atoms with Gasteiger partial charge in [-0.2, -0.15) is 0 Å². The first kappa shape index (κ1) is 25.7. The standard InChI is InChI=1S/C28H24N2O9/c1-29-25(33)28(26(34)30(2)27(29)35,13-15-9-23(31)38-21-11-17(36-3)5-7-19(15)21)14-16-10-24(32)39-22-12-18(37-4)6-8-20(16)22/h5-12H,13-14H2,1-4H3. The molecule has 2 aromatic heterocycles. The molecule has 0 unspecified atom stereocenters. The number of urea groups is 1. The predicted octanol–water partition coefficient (Wildman–Crippen LogP) is 2.74. The van der Waals surface area contributed by atoms with Crippen molar-refractivity contribution in [2.45, 2.75) is 12.8 Å². The number of methoxy groups -OCH3 is 2. The van der Waals surface area contributed by atoms with E-state index in [4.69, 9.17) is 18.3 Å². The van der Waals surface area contributed by atoms with Gasteiger partial charge < -0.3 is 18.3 Å². The summed E-state index contributed by atoms with van der Waals surface area (Å²) in [6.45, 7) is 0. The zero-order valence-corrected chi connectivity index (χ0v) is 21.6. The van der Waals surface area contributed by atoms with E-state index in [1.54, 1.807) is 24.3 Å². The Balaban J connectivity index is 1.74. The van der Waals surface area contributed by atoms with E-state index in [-0.39, 0.29) is 24.0 Å². The topological polar surface area (TPSA) is 137 Å². The second kappa shape index (κ2) is 9.43. The number of carbonyl (C=O) groups excluding carboxylic acids is 3. The van der Waals surface area contributed by atoms with Gasteiger partial charge in [0.25, 0.3) is 0 Å². The van der Waals surface area contributed by atoms with Gasteiger partial charge in [-0.15, -0.1) is 0 Å². The summed E-state index contributed by atoms with van der Waals surface area (Å²) in [6, 6.07) is 11.4. The number of hydrogen-bond donors (Lipinski definition) is 0. The number of ether oxygens (including phenoxy) is 2. The van der Waals surface area contributed by atoms with Crippen LogP contribution in [0, 0.1) is 5.41 Å². The van der Waals surface area contributed by atoms with Crippen molar-refractivity contribution in [1.29, 1.82) is 0 Å². The molecular weight excluding hydrogens is 508 g/mol. The van der Waals surface area contributed by atoms with Gasteiger partial charge in [-0.05, 0) is 48.2 Å². The lowest BCUT2D eigenvalue weighted by molar-refractivity contribution is -0.157. The molecule has 5 rings (SSSR count). The second-order valence-corrected chi connectivity index (χ2v) is 9.35. The van der Waals surface area contributed by atoms with Crippen molar-refractivity contribution >= 4 is 39.8 Å². The molecule has 0 N–H and O–H groups in total. The van der Waals surface area contributed by atoms with E-state index in [0.717, 1.165) is 9.80 Å². The van der Waals surface area contributed by atoms with Crippen LogP contribution in [-0.2, 0) is 22.4 Å². The number of rotatable bonds is 6. The fourth-order valence-electron chi connectivity index (χ4n) is 5.11. The molecule has 4 aromatic rings. The average Bonchev–Trinajstić information content (AvgIpc) is 2.93. The predicted molar refractivity (Wildman–Crippen MR) is 139 cm³/mol. The molecule has 11 nitrogen and oxygen atoms in total. The zero-order chi connectivity index (χ0) is 28.1. The highest BCUT2D eigenvalue weighted by atomic mass is 16.5. The van der Waals surface area contributed by atoms with Crippen LogP contribution in [0.25, 0.3) is 21.9 Å². The number of nitrogens with zero attached hydrogens (tertiary/aromatic N) is 2. The van der Waals surface area contributed by atoms with Crippen molar-refractivity contribution < 1.29 is 32.7 Å². The summed E-state index contributed by atoms with van der Waals surface area (Å²) in [5.74, 6) is -0.628. The number of amides is 4. The molecule has 200 valence electrons. The second-order valence-electron chi connectivity index (χ2n) is 9.35. The molecule has 2 aromatic carbocycles. The first-order valence-electron chi connectivity index (χ1n) is 11.9. The number of hydrogen-bond acceptors (Lipinski definition) is 9. The molecule has 1 aliphatic heterocycles. The van der Waals surface area contributed by atoms with Gasteiger partial charge in [0.15, 0.2) is 0 Å². The number of carbonyl (C=O) groups is 3. The van der Waals surface area contributed by atoms with Crippen molar-refractivity contribution in [3.8, 4) is 11.5 Å². The first-order valence-corrected chi connectivity index (χ1v) is 11.9. The molecule has 0 atom stereocenters. The van der Waals surface area contributed by atoms with Crippen LogP contribution in [0.5, 0.6) is 11.5 Å². The summed E-state index contributed by atoms with van der Waals surface area (Å²) in [5.41, 5.74) is -2.12. The van der Waals surface area contributed by atoms with Gasteiger partial charge in [0, 0.05) is 49.1 Å². The minimum absolute atomic E-state index is 0.207. The molecule has 11 heteroatoms. The molecule has 0 spiro atoms. The van der Waals surface area contributed by atoms with Gasteiger partial charge >= 0.3 is 17.3 Å². The highest BCUT2D eigenvalue weighted by molar-refractivity contribution is 6.19. The minimum Gasteiger partial charge on any atom is -0.497 e. The summed E-state index contributed by atoms with van der Waals surface area (Å²) in [5, 5.41) is 0.972. The Morgan fingerprint density at radius 3 is 1.46 bits per heavy atom. The van der Waals surface area contributed by atoms with Crippen LogP contribution in [0.1, 0.15) is 11.1 Å². The van der Waals surface area contributed by atoms with Crippen LogP contribution in [0.15, 0.2) is 67.0 Å². The maximum Gasteiger partial charge on any atom is 0.336 e. The Morgan fingerprint density at radius 1 is 0.667 bits per heavy atom. The third-order valence-electron chi connectivity index (χ3n) is 7.06. The fraction of sp³-hybridized carbons (Fsp3) is 0.250. The number of barbiturate groups is 1. The monoisotopic (exact) mass is 532 g/mol. The van der Waals surface area contributed by atoms with E-state index >= 15 is 0 Å². The van der Waals surface area contributed by atoms with Gasteiger partial charge in [0.2, 0.25) is 11.8 Å². The fourth-order valence-corrected chi connectivity index (χ4v) is 5.11. The van der Waals surface area contributed by atoms with Crippen molar-refractivity contribution in [1.82, 2.24) is 9.80 Å². The van der Waals surface area contributed by atoms with E-state index in [0.29, 0.717) is 33.4 Å². The van der Waals surface area contributed by atoms with Crippen molar-refractivity contribution in [3.05, 3.63) is 80.5 Å². The van der Waals surface area contributed by atoms with Crippen molar-refractivity contribution in [2.24, 2.45) is 5.41 Å². The van der Waals surface area contributed by atoms with Crippen LogP contribution in [0.2, 0.25) is 0 Å². The average molecular weight is 533 g/mol. The Bertz CT molecular complexity index is 1660. The number of fused-ring (bicyclic) bond motifs is 2. The van der Waals surface area contributed by atoms with Crippen LogP contribution >= 0.6 is 0 Å². The van der Waals surface area contributed by atoms with Crippen LogP contribution in [-0.4, -0.2) is 56.0 Å². The number of benzene rings is 2. The summed E-state index contributed by atoms with van der Waals surface area (Å²) < 4.78 is 21.1. The van der Waals surface area contributed by atoms with Gasteiger partial charge in [0.05, 0.1) is 14.2 Å². The van der Waals surface area contributed by atoms with Crippen molar-refractivity contribution in [3.63, 3.8) is 0 Å². The summed E-state index contributed by atoms with van der Waals surface area (Å²) in [7, 11) is 5.51. The molecule has 39 heavy (non-hydrogen) atoms. The summed E-state index contributed by atoms with van der Waals surface area (Å²) in [6.07, 6.45) is -0.502.